The van der Waals surface area contributed by atoms with Crippen LogP contribution >= 0.6 is 0 Å². The number of rotatable bonds is 2. The number of hydrogen-bond acceptors (Lipinski definition) is 5. The molecule has 0 fully saturated rings. The van der Waals surface area contributed by atoms with Crippen LogP contribution < -0.4 is 0 Å². The summed E-state index contributed by atoms with van der Waals surface area (Å²) in [6.07, 6.45) is -4.46. The Hall–Kier alpha value is -3.15. The Bertz CT molecular complexity index is 904. The monoisotopic (exact) mass is 319 g/mol. The molecule has 1 aromatic carbocycles. The highest BCUT2D eigenvalue weighted by molar-refractivity contribution is 5.66. The summed E-state index contributed by atoms with van der Waals surface area (Å²) in [4.78, 5) is 4.15. The molecular formula is C14H8F3N5O. The SMILES string of the molecule is Cc1oc(-c2cccc(C(F)(F)F)c2)nc1-c1n[nH]nc1C#N. The van der Waals surface area contributed by atoms with Crippen molar-refractivity contribution in [3.8, 4) is 28.9 Å². The van der Waals surface area contributed by atoms with Crippen LogP contribution in [0.4, 0.5) is 13.2 Å². The lowest BCUT2D eigenvalue weighted by Crippen LogP contribution is -2.04. The minimum absolute atomic E-state index is 0.00971. The summed E-state index contributed by atoms with van der Waals surface area (Å²) in [5.74, 6) is 0.332. The van der Waals surface area contributed by atoms with Crippen molar-refractivity contribution in [2.24, 2.45) is 0 Å². The van der Waals surface area contributed by atoms with Gasteiger partial charge in [0, 0.05) is 5.56 Å². The summed E-state index contributed by atoms with van der Waals surface area (Å²) in [6.45, 7) is 1.58. The van der Waals surface area contributed by atoms with Gasteiger partial charge in [0.1, 0.15) is 17.5 Å². The van der Waals surface area contributed by atoms with Crippen LogP contribution in [0, 0.1) is 18.3 Å². The van der Waals surface area contributed by atoms with Crippen molar-refractivity contribution < 1.29 is 17.6 Å². The quantitative estimate of drug-likeness (QED) is 0.782. The Morgan fingerprint density at radius 1 is 1.22 bits per heavy atom. The minimum Gasteiger partial charge on any atom is -0.441 e. The number of nitriles is 1. The van der Waals surface area contributed by atoms with E-state index in [0.717, 1.165) is 12.1 Å². The molecule has 116 valence electrons. The second-order valence-corrected chi connectivity index (χ2v) is 4.63. The fraction of sp³-hybridized carbons (Fsp3) is 0.143. The van der Waals surface area contributed by atoms with E-state index in [1.165, 1.54) is 12.1 Å². The molecule has 3 rings (SSSR count). The van der Waals surface area contributed by atoms with Crippen LogP contribution in [0.5, 0.6) is 0 Å². The number of oxazole rings is 1. The smallest absolute Gasteiger partial charge is 0.416 e. The molecule has 0 radical (unpaired) electrons. The molecule has 3 aromatic rings. The molecule has 0 saturated carbocycles. The van der Waals surface area contributed by atoms with E-state index < -0.39 is 11.7 Å². The summed E-state index contributed by atoms with van der Waals surface area (Å²) in [5.41, 5.74) is -0.158. The third kappa shape index (κ3) is 2.66. The number of aromatic amines is 1. The lowest BCUT2D eigenvalue weighted by atomic mass is 10.1. The molecule has 0 spiro atoms. The number of benzene rings is 1. The van der Waals surface area contributed by atoms with Gasteiger partial charge in [0.05, 0.1) is 5.56 Å². The van der Waals surface area contributed by atoms with Gasteiger partial charge in [0.2, 0.25) is 5.89 Å². The van der Waals surface area contributed by atoms with Gasteiger partial charge < -0.3 is 4.42 Å². The molecule has 0 bridgehead atoms. The molecule has 0 unspecified atom stereocenters. The lowest BCUT2D eigenvalue weighted by molar-refractivity contribution is -0.137. The summed E-state index contributed by atoms with van der Waals surface area (Å²) in [7, 11) is 0. The van der Waals surface area contributed by atoms with Gasteiger partial charge in [-0.15, -0.1) is 5.10 Å². The molecule has 0 aliphatic rings. The fourth-order valence-corrected chi connectivity index (χ4v) is 2.04. The van der Waals surface area contributed by atoms with Crippen LogP contribution in [0.2, 0.25) is 0 Å². The normalized spacial score (nSPS) is 11.4. The number of nitrogens with one attached hydrogen (secondary N) is 1. The average molecular weight is 319 g/mol. The minimum atomic E-state index is -4.46. The number of halogens is 3. The van der Waals surface area contributed by atoms with Crippen molar-refractivity contribution in [1.29, 1.82) is 5.26 Å². The van der Waals surface area contributed by atoms with E-state index in [9.17, 15) is 13.2 Å². The van der Waals surface area contributed by atoms with Crippen LogP contribution in [0.15, 0.2) is 28.7 Å². The largest absolute Gasteiger partial charge is 0.441 e. The molecule has 23 heavy (non-hydrogen) atoms. The standard InChI is InChI=1S/C14H8F3N5O/c1-7-11(12-10(6-18)20-22-21-12)19-13(23-7)8-3-2-4-9(5-8)14(15,16)17/h2-5H,1H3,(H,20,21,22). The van der Waals surface area contributed by atoms with E-state index in [0.29, 0.717) is 5.76 Å². The van der Waals surface area contributed by atoms with Crippen LogP contribution in [0.25, 0.3) is 22.8 Å². The van der Waals surface area contributed by atoms with Crippen molar-refractivity contribution in [3.63, 3.8) is 0 Å². The second kappa shape index (κ2) is 5.24. The van der Waals surface area contributed by atoms with Gasteiger partial charge in [-0.05, 0) is 25.1 Å². The number of aromatic nitrogens is 4. The predicted molar refractivity (Wildman–Crippen MR) is 71.8 cm³/mol. The van der Waals surface area contributed by atoms with E-state index in [-0.39, 0.29) is 28.5 Å². The highest BCUT2D eigenvalue weighted by Gasteiger charge is 2.31. The van der Waals surface area contributed by atoms with Gasteiger partial charge in [-0.2, -0.15) is 28.7 Å². The van der Waals surface area contributed by atoms with Crippen LogP contribution in [-0.4, -0.2) is 20.4 Å². The first-order valence-electron chi connectivity index (χ1n) is 6.36. The lowest BCUT2D eigenvalue weighted by Gasteiger charge is -2.06. The van der Waals surface area contributed by atoms with Gasteiger partial charge in [-0.1, -0.05) is 6.07 Å². The third-order valence-corrected chi connectivity index (χ3v) is 3.11. The highest BCUT2D eigenvalue weighted by Crippen LogP contribution is 2.33. The Kier molecular flexibility index (Phi) is 3.37. The molecule has 0 amide bonds. The van der Waals surface area contributed by atoms with Crippen molar-refractivity contribution in [2.75, 3.05) is 0 Å². The molecule has 1 N–H and O–H groups in total. The Labute approximate surface area is 127 Å². The topological polar surface area (TPSA) is 91.4 Å². The van der Waals surface area contributed by atoms with Crippen molar-refractivity contribution in [3.05, 3.63) is 41.3 Å². The highest BCUT2D eigenvalue weighted by atomic mass is 19.4. The molecule has 9 heteroatoms. The zero-order valence-corrected chi connectivity index (χ0v) is 11.6. The van der Waals surface area contributed by atoms with Gasteiger partial charge in [0.15, 0.2) is 11.4 Å². The van der Waals surface area contributed by atoms with Crippen LogP contribution in [-0.2, 0) is 6.18 Å². The van der Waals surface area contributed by atoms with Crippen LogP contribution in [0.1, 0.15) is 17.0 Å². The molecular weight excluding hydrogens is 311 g/mol. The Morgan fingerprint density at radius 3 is 2.70 bits per heavy atom. The van der Waals surface area contributed by atoms with E-state index in [1.807, 2.05) is 6.07 Å². The second-order valence-electron chi connectivity index (χ2n) is 4.63. The molecule has 0 aliphatic carbocycles. The zero-order valence-electron chi connectivity index (χ0n) is 11.6. The zero-order chi connectivity index (χ0) is 16.6. The maximum absolute atomic E-state index is 12.8. The summed E-state index contributed by atoms with van der Waals surface area (Å²) in [6, 6.07) is 6.48. The Morgan fingerprint density at radius 2 is 2.00 bits per heavy atom. The van der Waals surface area contributed by atoms with Crippen molar-refractivity contribution in [2.45, 2.75) is 13.1 Å². The Balaban J connectivity index is 2.07. The van der Waals surface area contributed by atoms with Gasteiger partial charge in [-0.25, -0.2) is 4.98 Å². The summed E-state index contributed by atoms with van der Waals surface area (Å²) in [5, 5.41) is 18.7. The first kappa shape index (κ1) is 14.8. The average Bonchev–Trinajstić information content (AvgIpc) is 3.12. The molecule has 0 aliphatic heterocycles. The molecule has 6 nitrogen and oxygen atoms in total. The first-order valence-corrected chi connectivity index (χ1v) is 6.36. The molecule has 2 heterocycles. The van der Waals surface area contributed by atoms with Crippen molar-refractivity contribution in [1.82, 2.24) is 20.4 Å². The van der Waals surface area contributed by atoms with E-state index >= 15 is 0 Å². The number of alkyl halides is 3. The number of hydrogen-bond donors (Lipinski definition) is 1. The molecule has 0 saturated heterocycles. The van der Waals surface area contributed by atoms with Crippen molar-refractivity contribution >= 4 is 0 Å². The first-order chi connectivity index (χ1) is 10.9. The maximum atomic E-state index is 12.8. The van der Waals surface area contributed by atoms with E-state index in [2.05, 4.69) is 20.4 Å². The predicted octanol–water partition coefficient (Wildman–Crippen LogP) is 3.33. The van der Waals surface area contributed by atoms with E-state index in [4.69, 9.17) is 9.68 Å². The van der Waals surface area contributed by atoms with Gasteiger partial charge in [0.25, 0.3) is 0 Å². The van der Waals surface area contributed by atoms with Gasteiger partial charge in [-0.3, -0.25) is 0 Å². The number of aryl methyl sites for hydroxylation is 1. The van der Waals surface area contributed by atoms with Crippen LogP contribution in [0.3, 0.4) is 0 Å². The maximum Gasteiger partial charge on any atom is 0.416 e. The van der Waals surface area contributed by atoms with Gasteiger partial charge >= 0.3 is 6.18 Å². The number of H-pyrrole nitrogens is 1. The summed E-state index contributed by atoms with van der Waals surface area (Å²) < 4.78 is 43.8. The molecule has 0 atom stereocenters. The summed E-state index contributed by atoms with van der Waals surface area (Å²) >= 11 is 0. The molecule has 2 aromatic heterocycles. The number of nitrogens with zero attached hydrogens (tertiary/aromatic N) is 4. The fourth-order valence-electron chi connectivity index (χ4n) is 2.04. The third-order valence-electron chi connectivity index (χ3n) is 3.11. The van der Waals surface area contributed by atoms with E-state index in [1.54, 1.807) is 6.92 Å².